The number of hydrogen-bond donors (Lipinski definition) is 1. The molecule has 1 fully saturated rings. The number of benzene rings is 1. The molecular formula is C20H27N5O2S. The van der Waals surface area contributed by atoms with Crippen molar-refractivity contribution in [1.82, 2.24) is 20.2 Å². The van der Waals surface area contributed by atoms with E-state index < -0.39 is 5.41 Å². The maximum absolute atomic E-state index is 12.5. The molecule has 7 nitrogen and oxygen atoms in total. The standard InChI is InChI=1S/C20H27N5O2S/c1-20(2,3)18(27)21-15-11-9-14(10-12-15)17(26)13-28-19-22-23-24-25(19)16-7-5-4-6-8-16/h9-12,16H,4-8,13H2,1-3H3,(H,21,27). The van der Waals surface area contributed by atoms with Gasteiger partial charge in [0.05, 0.1) is 11.8 Å². The molecule has 0 radical (unpaired) electrons. The maximum atomic E-state index is 12.5. The van der Waals surface area contributed by atoms with Gasteiger partial charge in [0.2, 0.25) is 11.1 Å². The molecule has 0 saturated heterocycles. The fourth-order valence-corrected chi connectivity index (χ4v) is 3.95. The molecule has 1 aromatic heterocycles. The Bertz CT molecular complexity index is 820. The molecule has 2 aromatic rings. The highest BCUT2D eigenvalue weighted by Gasteiger charge is 2.22. The van der Waals surface area contributed by atoms with Crippen molar-refractivity contribution in [2.24, 2.45) is 5.41 Å². The second-order valence-electron chi connectivity index (χ2n) is 8.19. The first-order valence-electron chi connectivity index (χ1n) is 9.70. The topological polar surface area (TPSA) is 89.8 Å². The van der Waals surface area contributed by atoms with Crippen LogP contribution in [0.1, 0.15) is 69.3 Å². The average Bonchev–Trinajstić information content (AvgIpc) is 3.15. The summed E-state index contributed by atoms with van der Waals surface area (Å²) in [5.74, 6) is 0.231. The minimum atomic E-state index is -0.465. The number of Topliss-reactive ketones (excluding diaryl/α,β-unsaturated/α-hetero) is 1. The number of nitrogens with zero attached hydrogens (tertiary/aromatic N) is 4. The molecule has 1 heterocycles. The maximum Gasteiger partial charge on any atom is 0.229 e. The summed E-state index contributed by atoms with van der Waals surface area (Å²) in [6.07, 6.45) is 5.85. The summed E-state index contributed by atoms with van der Waals surface area (Å²) in [6, 6.07) is 7.34. The van der Waals surface area contributed by atoms with E-state index in [1.807, 2.05) is 25.5 Å². The quantitative estimate of drug-likeness (QED) is 0.578. The largest absolute Gasteiger partial charge is 0.326 e. The summed E-state index contributed by atoms with van der Waals surface area (Å²) in [6.45, 7) is 5.58. The molecule has 1 saturated carbocycles. The number of hydrogen-bond acceptors (Lipinski definition) is 6. The van der Waals surface area contributed by atoms with Crippen molar-refractivity contribution in [3.8, 4) is 0 Å². The number of nitrogens with one attached hydrogen (secondary N) is 1. The van der Waals surface area contributed by atoms with Gasteiger partial charge >= 0.3 is 0 Å². The predicted octanol–water partition coefficient (Wildman–Crippen LogP) is 4.14. The SMILES string of the molecule is CC(C)(C)C(=O)Nc1ccc(C(=O)CSc2nnnn2C2CCCCC2)cc1. The second kappa shape index (κ2) is 8.86. The van der Waals surface area contributed by atoms with Crippen LogP contribution in [0.5, 0.6) is 0 Å². The van der Waals surface area contributed by atoms with Gasteiger partial charge in [0.25, 0.3) is 0 Å². The fourth-order valence-electron chi connectivity index (χ4n) is 3.11. The van der Waals surface area contributed by atoms with E-state index in [1.54, 1.807) is 24.3 Å². The molecular weight excluding hydrogens is 374 g/mol. The Hall–Kier alpha value is -2.22. The van der Waals surface area contributed by atoms with Crippen LogP contribution < -0.4 is 5.32 Å². The summed E-state index contributed by atoms with van der Waals surface area (Å²) in [5, 5.41) is 15.6. The van der Waals surface area contributed by atoms with Crippen LogP contribution in [0, 0.1) is 5.41 Å². The monoisotopic (exact) mass is 401 g/mol. The number of anilines is 1. The van der Waals surface area contributed by atoms with Gasteiger partial charge in [-0.1, -0.05) is 51.8 Å². The van der Waals surface area contributed by atoms with Crippen LogP contribution in [0.3, 0.4) is 0 Å². The summed E-state index contributed by atoms with van der Waals surface area (Å²) in [4.78, 5) is 24.6. The highest BCUT2D eigenvalue weighted by atomic mass is 32.2. The Morgan fingerprint density at radius 3 is 2.46 bits per heavy atom. The van der Waals surface area contributed by atoms with Crippen LogP contribution in [-0.4, -0.2) is 37.7 Å². The van der Waals surface area contributed by atoms with Crippen molar-refractivity contribution >= 4 is 29.1 Å². The molecule has 0 bridgehead atoms. The Morgan fingerprint density at radius 2 is 1.82 bits per heavy atom. The molecule has 0 atom stereocenters. The number of tetrazole rings is 1. The van der Waals surface area contributed by atoms with E-state index in [0.717, 1.165) is 12.8 Å². The van der Waals surface area contributed by atoms with Crippen molar-refractivity contribution in [2.75, 3.05) is 11.1 Å². The average molecular weight is 402 g/mol. The molecule has 0 aliphatic heterocycles. The molecule has 1 aliphatic carbocycles. The highest BCUT2D eigenvalue weighted by molar-refractivity contribution is 7.99. The van der Waals surface area contributed by atoms with Crippen LogP contribution in [0.15, 0.2) is 29.4 Å². The molecule has 0 unspecified atom stereocenters. The molecule has 1 aliphatic rings. The Morgan fingerprint density at radius 1 is 1.14 bits per heavy atom. The number of aromatic nitrogens is 4. The highest BCUT2D eigenvalue weighted by Crippen LogP contribution is 2.30. The Kier molecular flexibility index (Phi) is 6.49. The third-order valence-electron chi connectivity index (χ3n) is 4.86. The van der Waals surface area contributed by atoms with Gasteiger partial charge in [0.15, 0.2) is 5.78 Å². The Labute approximate surface area is 169 Å². The van der Waals surface area contributed by atoms with Gasteiger partial charge in [-0.05, 0) is 47.5 Å². The van der Waals surface area contributed by atoms with E-state index in [4.69, 9.17) is 0 Å². The van der Waals surface area contributed by atoms with E-state index >= 15 is 0 Å². The van der Waals surface area contributed by atoms with E-state index in [9.17, 15) is 9.59 Å². The first kappa shape index (κ1) is 20.5. The normalized spacial score (nSPS) is 15.4. The summed E-state index contributed by atoms with van der Waals surface area (Å²) in [7, 11) is 0. The number of ketones is 1. The number of rotatable bonds is 6. The van der Waals surface area contributed by atoms with Crippen molar-refractivity contribution in [3.63, 3.8) is 0 Å². The minimum absolute atomic E-state index is 0.0110. The van der Waals surface area contributed by atoms with Crippen LogP contribution in [-0.2, 0) is 4.79 Å². The molecule has 3 rings (SSSR count). The minimum Gasteiger partial charge on any atom is -0.326 e. The van der Waals surface area contributed by atoms with Crippen LogP contribution in [0.4, 0.5) is 5.69 Å². The molecule has 1 aromatic carbocycles. The zero-order chi connectivity index (χ0) is 20.1. The Balaban J connectivity index is 1.57. The lowest BCUT2D eigenvalue weighted by molar-refractivity contribution is -0.123. The lowest BCUT2D eigenvalue weighted by Gasteiger charge is -2.21. The first-order valence-corrected chi connectivity index (χ1v) is 10.7. The summed E-state index contributed by atoms with van der Waals surface area (Å²) >= 11 is 1.38. The molecule has 1 N–H and O–H groups in total. The van der Waals surface area contributed by atoms with Gasteiger partial charge in [0.1, 0.15) is 0 Å². The smallest absolute Gasteiger partial charge is 0.229 e. The second-order valence-corrected chi connectivity index (χ2v) is 9.13. The van der Waals surface area contributed by atoms with E-state index in [0.29, 0.717) is 22.4 Å². The number of carbonyl (C=O) groups excluding carboxylic acids is 2. The molecule has 8 heteroatoms. The van der Waals surface area contributed by atoms with Crippen LogP contribution >= 0.6 is 11.8 Å². The first-order chi connectivity index (χ1) is 13.3. The van der Waals surface area contributed by atoms with Gasteiger partial charge in [-0.25, -0.2) is 4.68 Å². The third kappa shape index (κ3) is 5.19. The zero-order valence-corrected chi connectivity index (χ0v) is 17.5. The summed E-state index contributed by atoms with van der Waals surface area (Å²) < 4.78 is 1.88. The van der Waals surface area contributed by atoms with E-state index in [1.165, 1.54) is 31.0 Å². The van der Waals surface area contributed by atoms with Gasteiger partial charge in [0, 0.05) is 16.7 Å². The number of thioether (sulfide) groups is 1. The number of amides is 1. The van der Waals surface area contributed by atoms with Gasteiger partial charge in [-0.2, -0.15) is 0 Å². The van der Waals surface area contributed by atoms with Crippen molar-refractivity contribution < 1.29 is 9.59 Å². The van der Waals surface area contributed by atoms with Gasteiger partial charge in [-0.15, -0.1) is 5.10 Å². The van der Waals surface area contributed by atoms with E-state index in [2.05, 4.69) is 20.8 Å². The molecule has 0 spiro atoms. The zero-order valence-electron chi connectivity index (χ0n) is 16.6. The lowest BCUT2D eigenvalue weighted by Crippen LogP contribution is -2.27. The fraction of sp³-hybridized carbons (Fsp3) is 0.550. The van der Waals surface area contributed by atoms with Crippen molar-refractivity contribution in [1.29, 1.82) is 0 Å². The number of carbonyl (C=O) groups is 2. The van der Waals surface area contributed by atoms with Crippen LogP contribution in [0.25, 0.3) is 0 Å². The summed E-state index contributed by atoms with van der Waals surface area (Å²) in [5.41, 5.74) is 0.830. The van der Waals surface area contributed by atoms with Gasteiger partial charge < -0.3 is 5.32 Å². The molecule has 1 amide bonds. The predicted molar refractivity (Wildman–Crippen MR) is 110 cm³/mol. The lowest BCUT2D eigenvalue weighted by atomic mass is 9.95. The third-order valence-corrected chi connectivity index (χ3v) is 5.79. The van der Waals surface area contributed by atoms with Crippen LogP contribution in [0.2, 0.25) is 0 Å². The van der Waals surface area contributed by atoms with Crippen molar-refractivity contribution in [2.45, 2.75) is 64.1 Å². The molecule has 28 heavy (non-hydrogen) atoms. The van der Waals surface area contributed by atoms with Gasteiger partial charge in [-0.3, -0.25) is 9.59 Å². The van der Waals surface area contributed by atoms with E-state index in [-0.39, 0.29) is 17.4 Å². The molecule has 150 valence electrons. The van der Waals surface area contributed by atoms with Crippen molar-refractivity contribution in [3.05, 3.63) is 29.8 Å².